The minimum atomic E-state index is 0.00157. The maximum atomic E-state index is 6.04. The van der Waals surface area contributed by atoms with Crippen molar-refractivity contribution in [1.82, 2.24) is 5.43 Å². The van der Waals surface area contributed by atoms with Gasteiger partial charge in [-0.2, -0.15) is 0 Å². The van der Waals surface area contributed by atoms with Gasteiger partial charge in [-0.15, -0.1) is 0 Å². The van der Waals surface area contributed by atoms with Gasteiger partial charge in [0, 0.05) is 6.42 Å². The van der Waals surface area contributed by atoms with Gasteiger partial charge in [-0.05, 0) is 42.2 Å². The molecule has 0 amide bonds. The van der Waals surface area contributed by atoms with Crippen LogP contribution in [0.25, 0.3) is 0 Å². The Morgan fingerprint density at radius 3 is 2.65 bits per heavy atom. The second-order valence-electron chi connectivity index (χ2n) is 5.46. The van der Waals surface area contributed by atoms with E-state index in [1.165, 1.54) is 22.3 Å². The van der Waals surface area contributed by atoms with Crippen molar-refractivity contribution in [2.24, 2.45) is 5.84 Å². The van der Waals surface area contributed by atoms with Crippen LogP contribution in [0.15, 0.2) is 42.5 Å². The molecule has 0 saturated heterocycles. The molecule has 0 spiro atoms. The highest BCUT2D eigenvalue weighted by molar-refractivity contribution is 5.39. The molecule has 0 aliphatic carbocycles. The molecule has 0 aromatic heterocycles. The maximum absolute atomic E-state index is 6.04. The van der Waals surface area contributed by atoms with Crippen molar-refractivity contribution >= 4 is 0 Å². The van der Waals surface area contributed by atoms with E-state index in [0.717, 1.165) is 12.2 Å². The molecule has 3 nitrogen and oxygen atoms in total. The van der Waals surface area contributed by atoms with E-state index in [0.29, 0.717) is 0 Å². The Morgan fingerprint density at radius 2 is 1.95 bits per heavy atom. The maximum Gasteiger partial charge on any atom is 0.124 e. The van der Waals surface area contributed by atoms with Crippen molar-refractivity contribution < 1.29 is 4.74 Å². The first-order valence-corrected chi connectivity index (χ1v) is 6.97. The molecule has 3 rings (SSSR count). The van der Waals surface area contributed by atoms with Gasteiger partial charge in [0.25, 0.3) is 0 Å². The molecule has 3 N–H and O–H groups in total. The Balaban J connectivity index is 1.87. The van der Waals surface area contributed by atoms with E-state index < -0.39 is 0 Å². The van der Waals surface area contributed by atoms with Crippen LogP contribution >= 0.6 is 0 Å². The predicted octanol–water partition coefficient (Wildman–Crippen LogP) is 2.81. The number of para-hydroxylation sites is 1. The van der Waals surface area contributed by atoms with Gasteiger partial charge in [-0.1, -0.05) is 36.4 Å². The summed E-state index contributed by atoms with van der Waals surface area (Å²) >= 11 is 0. The quantitative estimate of drug-likeness (QED) is 0.664. The number of nitrogens with two attached hydrogens (primary N) is 1. The summed E-state index contributed by atoms with van der Waals surface area (Å²) in [7, 11) is 0. The summed E-state index contributed by atoms with van der Waals surface area (Å²) in [5.74, 6) is 6.75. The summed E-state index contributed by atoms with van der Waals surface area (Å²) in [6.07, 6.45) is 0.928. The molecule has 2 unspecified atom stereocenters. The average molecular weight is 268 g/mol. The number of hydrazine groups is 1. The zero-order chi connectivity index (χ0) is 14.1. The van der Waals surface area contributed by atoms with Crippen molar-refractivity contribution in [3.63, 3.8) is 0 Å². The minimum absolute atomic E-state index is 0.00157. The molecule has 0 radical (unpaired) electrons. The summed E-state index contributed by atoms with van der Waals surface area (Å²) in [6, 6.07) is 14.6. The van der Waals surface area contributed by atoms with Crippen LogP contribution in [0.4, 0.5) is 0 Å². The molecule has 0 saturated carbocycles. The Hall–Kier alpha value is -1.84. The van der Waals surface area contributed by atoms with Gasteiger partial charge < -0.3 is 4.74 Å². The first-order valence-electron chi connectivity index (χ1n) is 6.97. The third-order valence-corrected chi connectivity index (χ3v) is 4.11. The van der Waals surface area contributed by atoms with Crippen LogP contribution in [-0.4, -0.2) is 6.10 Å². The van der Waals surface area contributed by atoms with Crippen LogP contribution in [0.5, 0.6) is 5.75 Å². The molecule has 20 heavy (non-hydrogen) atoms. The van der Waals surface area contributed by atoms with Crippen LogP contribution in [0.3, 0.4) is 0 Å². The molecular formula is C17H20N2O. The summed E-state index contributed by atoms with van der Waals surface area (Å²) in [4.78, 5) is 0. The standard InChI is InChI=1S/C17H20N2O/c1-11-7-8-14(9-12(11)2)17(19-18)16-10-13-5-3-4-6-15(13)20-16/h3-9,16-17,19H,10,18H2,1-2H3. The van der Waals surface area contributed by atoms with E-state index in [9.17, 15) is 0 Å². The lowest BCUT2D eigenvalue weighted by atomic mass is 9.95. The van der Waals surface area contributed by atoms with Crippen molar-refractivity contribution in [2.75, 3.05) is 0 Å². The average Bonchev–Trinajstić information content (AvgIpc) is 2.87. The van der Waals surface area contributed by atoms with Crippen molar-refractivity contribution in [3.05, 3.63) is 64.7 Å². The van der Waals surface area contributed by atoms with E-state index in [1.54, 1.807) is 0 Å². The molecule has 2 aromatic rings. The number of rotatable bonds is 3. The smallest absolute Gasteiger partial charge is 0.124 e. The Bertz CT molecular complexity index is 599. The highest BCUT2D eigenvalue weighted by Crippen LogP contribution is 2.34. The largest absolute Gasteiger partial charge is 0.488 e. The second-order valence-corrected chi connectivity index (χ2v) is 5.46. The summed E-state index contributed by atoms with van der Waals surface area (Å²) in [5.41, 5.74) is 7.91. The molecule has 2 aromatic carbocycles. The van der Waals surface area contributed by atoms with Gasteiger partial charge in [0.2, 0.25) is 0 Å². The topological polar surface area (TPSA) is 47.3 Å². The minimum Gasteiger partial charge on any atom is -0.488 e. The number of aryl methyl sites for hydroxylation is 2. The fourth-order valence-corrected chi connectivity index (χ4v) is 2.77. The van der Waals surface area contributed by atoms with Crippen LogP contribution in [0, 0.1) is 13.8 Å². The molecule has 0 bridgehead atoms. The van der Waals surface area contributed by atoms with E-state index in [4.69, 9.17) is 10.6 Å². The lowest BCUT2D eigenvalue weighted by molar-refractivity contribution is 0.179. The molecular weight excluding hydrogens is 248 g/mol. The van der Waals surface area contributed by atoms with E-state index in [2.05, 4.69) is 43.5 Å². The highest BCUT2D eigenvalue weighted by atomic mass is 16.5. The highest BCUT2D eigenvalue weighted by Gasteiger charge is 2.30. The number of benzene rings is 2. The van der Waals surface area contributed by atoms with E-state index >= 15 is 0 Å². The zero-order valence-electron chi connectivity index (χ0n) is 11.9. The number of nitrogens with one attached hydrogen (secondary N) is 1. The molecule has 0 fully saturated rings. The van der Waals surface area contributed by atoms with Crippen molar-refractivity contribution in [3.8, 4) is 5.75 Å². The molecule has 1 aliphatic rings. The molecule has 3 heteroatoms. The van der Waals surface area contributed by atoms with E-state index in [-0.39, 0.29) is 12.1 Å². The SMILES string of the molecule is Cc1ccc(C(NN)C2Cc3ccccc3O2)cc1C. The monoisotopic (exact) mass is 268 g/mol. The lowest BCUT2D eigenvalue weighted by Gasteiger charge is -2.23. The predicted molar refractivity (Wildman–Crippen MR) is 80.5 cm³/mol. The van der Waals surface area contributed by atoms with Crippen LogP contribution < -0.4 is 16.0 Å². The fraction of sp³-hybridized carbons (Fsp3) is 0.294. The first-order chi connectivity index (χ1) is 9.69. The molecule has 1 heterocycles. The third kappa shape index (κ3) is 2.30. The van der Waals surface area contributed by atoms with Crippen molar-refractivity contribution in [1.29, 1.82) is 0 Å². The Kier molecular flexibility index (Phi) is 3.47. The molecule has 104 valence electrons. The lowest BCUT2D eigenvalue weighted by Crippen LogP contribution is -2.38. The normalized spacial score (nSPS) is 18.4. The fourth-order valence-electron chi connectivity index (χ4n) is 2.77. The Morgan fingerprint density at radius 1 is 1.15 bits per heavy atom. The van der Waals surface area contributed by atoms with Crippen LogP contribution in [-0.2, 0) is 6.42 Å². The number of fused-ring (bicyclic) bond motifs is 1. The van der Waals surface area contributed by atoms with Gasteiger partial charge in [0.05, 0.1) is 6.04 Å². The van der Waals surface area contributed by atoms with Crippen molar-refractivity contribution in [2.45, 2.75) is 32.4 Å². The second kappa shape index (κ2) is 5.27. The van der Waals surface area contributed by atoms with Gasteiger partial charge in [0.1, 0.15) is 11.9 Å². The summed E-state index contributed by atoms with van der Waals surface area (Å²) in [5, 5.41) is 0. The Labute approximate surface area is 119 Å². The third-order valence-electron chi connectivity index (χ3n) is 4.11. The number of hydrogen-bond donors (Lipinski definition) is 2. The van der Waals surface area contributed by atoms with Gasteiger partial charge in [-0.25, -0.2) is 5.43 Å². The molecule has 1 aliphatic heterocycles. The van der Waals surface area contributed by atoms with Crippen LogP contribution in [0.2, 0.25) is 0 Å². The first kappa shape index (κ1) is 13.2. The number of hydrogen-bond acceptors (Lipinski definition) is 3. The summed E-state index contributed by atoms with van der Waals surface area (Å²) in [6.45, 7) is 4.24. The number of ether oxygens (including phenoxy) is 1. The van der Waals surface area contributed by atoms with Gasteiger partial charge in [0.15, 0.2) is 0 Å². The van der Waals surface area contributed by atoms with Gasteiger partial charge in [-0.3, -0.25) is 5.84 Å². The van der Waals surface area contributed by atoms with Crippen LogP contribution in [0.1, 0.15) is 28.3 Å². The van der Waals surface area contributed by atoms with E-state index in [1.807, 2.05) is 18.2 Å². The van der Waals surface area contributed by atoms with Gasteiger partial charge >= 0.3 is 0 Å². The summed E-state index contributed by atoms with van der Waals surface area (Å²) < 4.78 is 6.04. The zero-order valence-corrected chi connectivity index (χ0v) is 11.9. The molecule has 2 atom stereocenters.